The maximum absolute atomic E-state index is 13.3. The number of phenolic OH excluding ortho intramolecular Hbond substituents is 2. The number of amides is 2. The maximum atomic E-state index is 13.3. The van der Waals surface area contributed by atoms with Crippen molar-refractivity contribution in [2.45, 2.75) is 24.9 Å². The molecule has 2 aromatic rings. The van der Waals surface area contributed by atoms with E-state index in [9.17, 15) is 24.6 Å². The van der Waals surface area contributed by atoms with E-state index < -0.39 is 35.3 Å². The van der Waals surface area contributed by atoms with Crippen molar-refractivity contribution < 1.29 is 29.3 Å². The number of rotatable bonds is 5. The molecule has 2 fully saturated rings. The van der Waals surface area contributed by atoms with Gasteiger partial charge < -0.3 is 14.9 Å². The summed E-state index contributed by atoms with van der Waals surface area (Å²) in [4.78, 5) is 40.9. The highest BCUT2D eigenvalue weighted by atomic mass is 16.5. The molecular weight excluding hydrogens is 400 g/mol. The van der Waals surface area contributed by atoms with Crippen LogP contribution in [0.25, 0.3) is 0 Å². The molecule has 4 rings (SSSR count). The number of esters is 1. The van der Waals surface area contributed by atoms with Gasteiger partial charge in [-0.2, -0.15) is 0 Å². The van der Waals surface area contributed by atoms with Crippen LogP contribution in [0.4, 0.5) is 0 Å². The lowest BCUT2D eigenvalue weighted by atomic mass is 9.76. The molecule has 2 amide bonds. The summed E-state index contributed by atoms with van der Waals surface area (Å²) in [6.07, 6.45) is 0.103. The Morgan fingerprint density at radius 1 is 1.03 bits per heavy atom. The molecule has 0 aromatic heterocycles. The van der Waals surface area contributed by atoms with Gasteiger partial charge in [0.25, 0.3) is 0 Å². The second-order valence-electron chi connectivity index (χ2n) is 7.94. The van der Waals surface area contributed by atoms with Gasteiger partial charge in [0.2, 0.25) is 11.8 Å². The highest BCUT2D eigenvalue weighted by molar-refractivity contribution is 6.09. The number of hydrogen-bond donors (Lipinski definition) is 3. The van der Waals surface area contributed by atoms with Crippen molar-refractivity contribution in [1.82, 2.24) is 10.2 Å². The Labute approximate surface area is 179 Å². The molecule has 8 nitrogen and oxygen atoms in total. The van der Waals surface area contributed by atoms with Crippen LogP contribution in [0.5, 0.6) is 11.5 Å². The van der Waals surface area contributed by atoms with Crippen LogP contribution in [0.1, 0.15) is 24.1 Å². The standard InChI is InChI=1S/C23H24N2O6/c1-3-25-20(28)17-18(21(25)29)23(22(30)31-2,12-13-4-8-15(26)9-5-13)24-19(17)14-6-10-16(27)11-7-14/h4-11,17-19,24,26-27H,3,12H2,1-2H3/t17-,18-,19-,23+/m0/s1. The van der Waals surface area contributed by atoms with E-state index in [1.54, 1.807) is 31.2 Å². The molecule has 0 aliphatic carbocycles. The van der Waals surface area contributed by atoms with Gasteiger partial charge in [-0.05, 0) is 42.3 Å². The predicted molar refractivity (Wildman–Crippen MR) is 110 cm³/mol. The minimum atomic E-state index is -1.46. The number of methoxy groups -OCH3 is 1. The van der Waals surface area contributed by atoms with E-state index in [1.165, 1.54) is 36.3 Å². The van der Waals surface area contributed by atoms with Crippen molar-refractivity contribution in [2.75, 3.05) is 13.7 Å². The zero-order chi connectivity index (χ0) is 22.3. The Hall–Kier alpha value is -3.39. The number of hydrogen-bond acceptors (Lipinski definition) is 7. The molecule has 31 heavy (non-hydrogen) atoms. The topological polar surface area (TPSA) is 116 Å². The molecule has 3 N–H and O–H groups in total. The Balaban J connectivity index is 1.85. The Morgan fingerprint density at radius 3 is 2.16 bits per heavy atom. The van der Waals surface area contributed by atoms with Crippen molar-refractivity contribution in [3.8, 4) is 11.5 Å². The number of phenols is 2. The van der Waals surface area contributed by atoms with Crippen LogP contribution in [0, 0.1) is 11.8 Å². The molecule has 2 heterocycles. The van der Waals surface area contributed by atoms with Crippen LogP contribution in [-0.2, 0) is 25.5 Å². The zero-order valence-electron chi connectivity index (χ0n) is 17.2. The number of carbonyl (C=O) groups excluding carboxylic acids is 3. The number of nitrogens with zero attached hydrogens (tertiary/aromatic N) is 1. The Bertz CT molecular complexity index is 1020. The van der Waals surface area contributed by atoms with Crippen molar-refractivity contribution in [2.24, 2.45) is 11.8 Å². The number of imide groups is 1. The van der Waals surface area contributed by atoms with Crippen LogP contribution in [-0.4, -0.2) is 52.1 Å². The molecule has 0 saturated carbocycles. The number of benzene rings is 2. The SMILES string of the molecule is CCN1C(=O)[C@H]2[C@@H](C1=O)[C@](Cc1ccc(O)cc1)(C(=O)OC)N[C@H]2c1ccc(O)cc1. The van der Waals surface area contributed by atoms with Crippen LogP contribution in [0.15, 0.2) is 48.5 Å². The molecule has 2 saturated heterocycles. The largest absolute Gasteiger partial charge is 0.508 e. The number of fused-ring (bicyclic) bond motifs is 1. The first-order valence-electron chi connectivity index (χ1n) is 10.1. The van der Waals surface area contributed by atoms with Gasteiger partial charge in [-0.3, -0.25) is 24.6 Å². The third-order valence-electron chi connectivity index (χ3n) is 6.28. The van der Waals surface area contributed by atoms with Crippen LogP contribution in [0.2, 0.25) is 0 Å². The van der Waals surface area contributed by atoms with Gasteiger partial charge >= 0.3 is 5.97 Å². The van der Waals surface area contributed by atoms with E-state index in [-0.39, 0.29) is 30.4 Å². The summed E-state index contributed by atoms with van der Waals surface area (Å²) in [6, 6.07) is 12.1. The smallest absolute Gasteiger partial charge is 0.327 e. The zero-order valence-corrected chi connectivity index (χ0v) is 17.2. The fourth-order valence-electron chi connectivity index (χ4n) is 4.88. The predicted octanol–water partition coefficient (Wildman–Crippen LogP) is 1.52. The average Bonchev–Trinajstić information content (AvgIpc) is 3.24. The highest BCUT2D eigenvalue weighted by Crippen LogP contribution is 2.50. The van der Waals surface area contributed by atoms with Crippen molar-refractivity contribution in [1.29, 1.82) is 0 Å². The number of likely N-dealkylation sites (tertiary alicyclic amines) is 1. The Kier molecular flexibility index (Phi) is 5.18. The second-order valence-corrected chi connectivity index (χ2v) is 7.94. The molecule has 0 spiro atoms. The first kappa shape index (κ1) is 20.9. The van der Waals surface area contributed by atoms with Gasteiger partial charge in [-0.15, -0.1) is 0 Å². The average molecular weight is 424 g/mol. The molecule has 2 aromatic carbocycles. The number of carbonyl (C=O) groups is 3. The fourth-order valence-corrected chi connectivity index (χ4v) is 4.88. The van der Waals surface area contributed by atoms with Gasteiger partial charge in [-0.25, -0.2) is 0 Å². The molecule has 0 unspecified atom stereocenters. The van der Waals surface area contributed by atoms with E-state index in [0.29, 0.717) is 11.1 Å². The van der Waals surface area contributed by atoms with Crippen molar-refractivity contribution >= 4 is 17.8 Å². The lowest BCUT2D eigenvalue weighted by molar-refractivity contribution is -0.154. The molecule has 4 atom stereocenters. The van der Waals surface area contributed by atoms with Gasteiger partial charge in [0.05, 0.1) is 18.9 Å². The second kappa shape index (κ2) is 7.70. The summed E-state index contributed by atoms with van der Waals surface area (Å²) in [6.45, 7) is 1.93. The van der Waals surface area contributed by atoms with Crippen LogP contribution >= 0.6 is 0 Å². The fraction of sp³-hybridized carbons (Fsp3) is 0.348. The number of nitrogens with one attached hydrogen (secondary N) is 1. The summed E-state index contributed by atoms with van der Waals surface area (Å²) >= 11 is 0. The summed E-state index contributed by atoms with van der Waals surface area (Å²) < 4.78 is 5.12. The van der Waals surface area contributed by atoms with Crippen molar-refractivity contribution in [3.05, 3.63) is 59.7 Å². The van der Waals surface area contributed by atoms with Gasteiger partial charge in [-0.1, -0.05) is 24.3 Å². The van der Waals surface area contributed by atoms with Crippen LogP contribution in [0.3, 0.4) is 0 Å². The summed E-state index contributed by atoms with van der Waals surface area (Å²) in [5, 5.41) is 22.5. The monoisotopic (exact) mass is 424 g/mol. The molecule has 162 valence electrons. The normalized spacial score (nSPS) is 27.4. The summed E-state index contributed by atoms with van der Waals surface area (Å²) in [7, 11) is 1.25. The van der Waals surface area contributed by atoms with Crippen molar-refractivity contribution in [3.63, 3.8) is 0 Å². The first-order valence-corrected chi connectivity index (χ1v) is 10.1. The molecule has 8 heteroatoms. The highest BCUT2D eigenvalue weighted by Gasteiger charge is 2.68. The third kappa shape index (κ3) is 3.23. The van der Waals surface area contributed by atoms with E-state index in [2.05, 4.69) is 5.32 Å². The van der Waals surface area contributed by atoms with Gasteiger partial charge in [0, 0.05) is 19.0 Å². The lowest BCUT2D eigenvalue weighted by Gasteiger charge is -2.32. The molecule has 0 radical (unpaired) electrons. The third-order valence-corrected chi connectivity index (χ3v) is 6.28. The Morgan fingerprint density at radius 2 is 1.61 bits per heavy atom. The minimum Gasteiger partial charge on any atom is -0.508 e. The quantitative estimate of drug-likeness (QED) is 0.492. The van der Waals surface area contributed by atoms with E-state index >= 15 is 0 Å². The molecule has 0 bridgehead atoms. The maximum Gasteiger partial charge on any atom is 0.327 e. The lowest BCUT2D eigenvalue weighted by Crippen LogP contribution is -2.57. The van der Waals surface area contributed by atoms with E-state index in [1.807, 2.05) is 0 Å². The first-order chi connectivity index (χ1) is 14.8. The van der Waals surface area contributed by atoms with E-state index in [0.717, 1.165) is 0 Å². The van der Waals surface area contributed by atoms with Crippen LogP contribution < -0.4 is 5.32 Å². The van der Waals surface area contributed by atoms with Gasteiger partial charge in [0.15, 0.2) is 0 Å². The summed E-state index contributed by atoms with van der Waals surface area (Å²) in [5.74, 6) is -2.94. The minimum absolute atomic E-state index is 0.0747. The van der Waals surface area contributed by atoms with Gasteiger partial charge in [0.1, 0.15) is 17.0 Å². The number of aromatic hydroxyl groups is 2. The van der Waals surface area contributed by atoms with E-state index in [4.69, 9.17) is 4.74 Å². The molecule has 2 aliphatic heterocycles. The molecule has 2 aliphatic rings. The molecular formula is C23H24N2O6. The summed E-state index contributed by atoms with van der Waals surface area (Å²) in [5.41, 5.74) is -0.0744. The number of ether oxygens (including phenoxy) is 1.